The van der Waals surface area contributed by atoms with E-state index in [4.69, 9.17) is 16.3 Å². The Morgan fingerprint density at radius 1 is 1.13 bits per heavy atom. The molecule has 1 spiro atoms. The van der Waals surface area contributed by atoms with Crippen molar-refractivity contribution in [3.8, 4) is 0 Å². The van der Waals surface area contributed by atoms with Gasteiger partial charge in [0.1, 0.15) is 10.8 Å². The van der Waals surface area contributed by atoms with Crippen LogP contribution in [0.5, 0.6) is 0 Å². The molecule has 4 rings (SSSR count). The highest BCUT2D eigenvalue weighted by Gasteiger charge is 2.47. The third-order valence-electron chi connectivity index (χ3n) is 6.17. The molecule has 6 nitrogen and oxygen atoms in total. The van der Waals surface area contributed by atoms with E-state index in [0.717, 1.165) is 5.56 Å². The van der Waals surface area contributed by atoms with Gasteiger partial charge in [0.2, 0.25) is 0 Å². The molecule has 0 radical (unpaired) electrons. The van der Waals surface area contributed by atoms with Crippen LogP contribution in [0.3, 0.4) is 0 Å². The summed E-state index contributed by atoms with van der Waals surface area (Å²) in [7, 11) is 0. The standard InChI is InChI=1S/C24H28ClN3O3/c1-23(2,3)19-7-4-17(5-8-19)15-28-16-24(31-22(28)30)10-12-27(13-11-24)21(29)18-6-9-20(25)26-14-18/h4-9,14H,10-13,15-16H2,1-3H3. The first-order valence-corrected chi connectivity index (χ1v) is 11.0. The molecule has 2 aromatic rings. The van der Waals surface area contributed by atoms with Crippen LogP contribution in [0.1, 0.15) is 55.1 Å². The van der Waals surface area contributed by atoms with Gasteiger partial charge < -0.3 is 9.64 Å². The summed E-state index contributed by atoms with van der Waals surface area (Å²) in [5, 5.41) is 0.361. The van der Waals surface area contributed by atoms with Crippen LogP contribution < -0.4 is 0 Å². The Morgan fingerprint density at radius 3 is 2.39 bits per heavy atom. The maximum Gasteiger partial charge on any atom is 0.410 e. The minimum atomic E-state index is -0.516. The number of hydrogen-bond acceptors (Lipinski definition) is 4. The number of hydrogen-bond donors (Lipinski definition) is 0. The highest BCUT2D eigenvalue weighted by molar-refractivity contribution is 6.29. The van der Waals surface area contributed by atoms with Crippen LogP contribution in [0.15, 0.2) is 42.6 Å². The quantitative estimate of drug-likeness (QED) is 0.650. The van der Waals surface area contributed by atoms with Crippen LogP contribution in [0, 0.1) is 0 Å². The van der Waals surface area contributed by atoms with Crippen molar-refractivity contribution >= 4 is 23.6 Å². The molecule has 2 aliphatic rings. The van der Waals surface area contributed by atoms with Gasteiger partial charge in [0, 0.05) is 38.7 Å². The Morgan fingerprint density at radius 2 is 1.81 bits per heavy atom. The average Bonchev–Trinajstić information content (AvgIpc) is 3.03. The zero-order valence-corrected chi connectivity index (χ0v) is 19.0. The molecule has 0 atom stereocenters. The van der Waals surface area contributed by atoms with E-state index in [1.807, 2.05) is 0 Å². The van der Waals surface area contributed by atoms with Gasteiger partial charge in [-0.2, -0.15) is 0 Å². The fourth-order valence-corrected chi connectivity index (χ4v) is 4.32. The van der Waals surface area contributed by atoms with Crippen LogP contribution in [0.4, 0.5) is 4.79 Å². The number of halogens is 1. The van der Waals surface area contributed by atoms with E-state index in [2.05, 4.69) is 50.0 Å². The van der Waals surface area contributed by atoms with Crippen LogP contribution in [0.25, 0.3) is 0 Å². The molecule has 2 saturated heterocycles. The lowest BCUT2D eigenvalue weighted by Gasteiger charge is -2.37. The second-order valence-corrected chi connectivity index (χ2v) is 9.90. The van der Waals surface area contributed by atoms with Crippen molar-refractivity contribution in [1.82, 2.24) is 14.8 Å². The number of ether oxygens (including phenoxy) is 1. The number of carbonyl (C=O) groups is 2. The molecule has 1 aromatic carbocycles. The van der Waals surface area contributed by atoms with Crippen molar-refractivity contribution < 1.29 is 14.3 Å². The van der Waals surface area contributed by atoms with Gasteiger partial charge in [-0.15, -0.1) is 0 Å². The van der Waals surface area contributed by atoms with E-state index in [1.54, 1.807) is 21.9 Å². The fraction of sp³-hybridized carbons (Fsp3) is 0.458. The summed E-state index contributed by atoms with van der Waals surface area (Å²) in [5.41, 5.74) is 2.46. The van der Waals surface area contributed by atoms with Crippen molar-refractivity contribution in [3.63, 3.8) is 0 Å². The van der Waals surface area contributed by atoms with Gasteiger partial charge in [0.25, 0.3) is 5.91 Å². The zero-order valence-electron chi connectivity index (χ0n) is 18.2. The molecule has 2 fully saturated rings. The van der Waals surface area contributed by atoms with Crippen molar-refractivity contribution in [1.29, 1.82) is 0 Å². The first kappa shape index (κ1) is 21.6. The third-order valence-corrected chi connectivity index (χ3v) is 6.39. The minimum absolute atomic E-state index is 0.0702. The maximum atomic E-state index is 12.7. The maximum absolute atomic E-state index is 12.7. The Kier molecular flexibility index (Phi) is 5.69. The zero-order chi connectivity index (χ0) is 22.2. The van der Waals surface area contributed by atoms with Gasteiger partial charge in [-0.1, -0.05) is 56.6 Å². The van der Waals surface area contributed by atoms with Gasteiger partial charge in [-0.25, -0.2) is 9.78 Å². The van der Waals surface area contributed by atoms with E-state index in [-0.39, 0.29) is 17.4 Å². The van der Waals surface area contributed by atoms with E-state index in [0.29, 0.717) is 49.7 Å². The van der Waals surface area contributed by atoms with E-state index in [9.17, 15) is 9.59 Å². The second-order valence-electron chi connectivity index (χ2n) is 9.52. The fourth-order valence-electron chi connectivity index (χ4n) is 4.21. The molecule has 164 valence electrons. The minimum Gasteiger partial charge on any atom is -0.441 e. The van der Waals surface area contributed by atoms with E-state index >= 15 is 0 Å². The smallest absolute Gasteiger partial charge is 0.410 e. The topological polar surface area (TPSA) is 62.7 Å². The van der Waals surface area contributed by atoms with Gasteiger partial charge in [-0.3, -0.25) is 9.69 Å². The average molecular weight is 442 g/mol. The molecule has 0 bridgehead atoms. The van der Waals surface area contributed by atoms with Crippen LogP contribution in [-0.2, 0) is 16.7 Å². The van der Waals surface area contributed by atoms with Crippen molar-refractivity contribution in [2.75, 3.05) is 19.6 Å². The molecule has 0 saturated carbocycles. The largest absolute Gasteiger partial charge is 0.441 e. The van der Waals surface area contributed by atoms with Crippen LogP contribution >= 0.6 is 11.6 Å². The number of amides is 2. The molecule has 2 aliphatic heterocycles. The molecule has 7 heteroatoms. The number of likely N-dealkylation sites (tertiary alicyclic amines) is 1. The monoisotopic (exact) mass is 441 g/mol. The van der Waals surface area contributed by atoms with E-state index < -0.39 is 5.60 Å². The lowest BCUT2D eigenvalue weighted by molar-refractivity contribution is 0.00312. The summed E-state index contributed by atoms with van der Waals surface area (Å²) in [6, 6.07) is 11.7. The number of nitrogens with zero attached hydrogens (tertiary/aromatic N) is 3. The summed E-state index contributed by atoms with van der Waals surface area (Å²) in [6.45, 7) is 8.73. The molecule has 2 amide bonds. The summed E-state index contributed by atoms with van der Waals surface area (Å²) in [6.07, 6.45) is 2.48. The number of pyridine rings is 1. The molecule has 31 heavy (non-hydrogen) atoms. The number of rotatable bonds is 3. The first-order chi connectivity index (χ1) is 14.7. The Hall–Kier alpha value is -2.60. The summed E-state index contributed by atoms with van der Waals surface area (Å²) >= 11 is 5.81. The van der Waals surface area contributed by atoms with Crippen molar-refractivity contribution in [2.24, 2.45) is 0 Å². The van der Waals surface area contributed by atoms with Crippen LogP contribution in [-0.4, -0.2) is 52.0 Å². The summed E-state index contributed by atoms with van der Waals surface area (Å²) < 4.78 is 5.82. The predicted molar refractivity (Wildman–Crippen MR) is 119 cm³/mol. The Bertz CT molecular complexity index is 959. The van der Waals surface area contributed by atoms with Crippen molar-refractivity contribution in [3.05, 3.63) is 64.4 Å². The molecule has 0 aliphatic carbocycles. The molecular weight excluding hydrogens is 414 g/mol. The Balaban J connectivity index is 1.36. The summed E-state index contributed by atoms with van der Waals surface area (Å²) in [4.78, 5) is 32.8. The van der Waals surface area contributed by atoms with Crippen molar-refractivity contribution in [2.45, 2.75) is 51.2 Å². The highest BCUT2D eigenvalue weighted by atomic mass is 35.5. The highest BCUT2D eigenvalue weighted by Crippen LogP contribution is 2.34. The van der Waals surface area contributed by atoms with E-state index in [1.165, 1.54) is 11.8 Å². The molecule has 0 N–H and O–H groups in total. The normalized spacial score (nSPS) is 18.4. The Labute approximate surface area is 188 Å². The number of aromatic nitrogens is 1. The lowest BCUT2D eigenvalue weighted by Crippen LogP contribution is -2.48. The summed E-state index contributed by atoms with van der Waals surface area (Å²) in [5.74, 6) is -0.0702. The van der Waals surface area contributed by atoms with Gasteiger partial charge in [0.15, 0.2) is 0 Å². The number of benzene rings is 1. The molecule has 0 unspecified atom stereocenters. The predicted octanol–water partition coefficient (Wildman–Crippen LogP) is 4.66. The lowest BCUT2D eigenvalue weighted by atomic mass is 9.86. The second kappa shape index (κ2) is 8.15. The molecular formula is C24H28ClN3O3. The number of carbonyl (C=O) groups excluding carboxylic acids is 2. The molecule has 3 heterocycles. The number of piperidine rings is 1. The van der Waals surface area contributed by atoms with Gasteiger partial charge in [-0.05, 0) is 28.7 Å². The van der Waals surface area contributed by atoms with Crippen LogP contribution in [0.2, 0.25) is 5.15 Å². The third kappa shape index (κ3) is 4.69. The first-order valence-electron chi connectivity index (χ1n) is 10.6. The van der Waals surface area contributed by atoms with Gasteiger partial charge in [0.05, 0.1) is 12.1 Å². The van der Waals surface area contributed by atoms with Gasteiger partial charge >= 0.3 is 6.09 Å². The molecule has 1 aromatic heterocycles. The SMILES string of the molecule is CC(C)(C)c1ccc(CN2CC3(CCN(C(=O)c4ccc(Cl)nc4)CC3)OC2=O)cc1.